The van der Waals surface area contributed by atoms with Crippen molar-refractivity contribution in [2.45, 2.75) is 25.2 Å². The zero-order valence-electron chi connectivity index (χ0n) is 9.20. The van der Waals surface area contributed by atoms with Gasteiger partial charge in [-0.25, -0.2) is 8.42 Å². The monoisotopic (exact) mass is 280 g/mol. The SMILES string of the molecule is CC(C)CCS(=O)(=O)c1ccc(Cl)c(Cl)c1. The summed E-state index contributed by atoms with van der Waals surface area (Å²) < 4.78 is 23.8. The number of halogens is 2. The van der Waals surface area contributed by atoms with Crippen LogP contribution in [0.3, 0.4) is 0 Å². The van der Waals surface area contributed by atoms with Gasteiger partial charge in [0.2, 0.25) is 0 Å². The predicted octanol–water partition coefficient (Wildman–Crippen LogP) is 3.81. The van der Waals surface area contributed by atoms with Crippen molar-refractivity contribution in [1.82, 2.24) is 0 Å². The quantitative estimate of drug-likeness (QED) is 0.841. The average Bonchev–Trinajstić information content (AvgIpc) is 2.19. The Morgan fingerprint density at radius 3 is 2.31 bits per heavy atom. The summed E-state index contributed by atoms with van der Waals surface area (Å²) in [4.78, 5) is 0.238. The first-order chi connectivity index (χ1) is 7.33. The van der Waals surface area contributed by atoms with Crippen LogP contribution >= 0.6 is 23.2 Å². The minimum absolute atomic E-state index is 0.141. The van der Waals surface area contributed by atoms with Gasteiger partial charge in [-0.05, 0) is 30.5 Å². The van der Waals surface area contributed by atoms with Crippen molar-refractivity contribution in [3.63, 3.8) is 0 Å². The van der Waals surface area contributed by atoms with Crippen molar-refractivity contribution in [3.8, 4) is 0 Å². The van der Waals surface area contributed by atoms with E-state index in [9.17, 15) is 8.42 Å². The van der Waals surface area contributed by atoms with Crippen LogP contribution in [0, 0.1) is 5.92 Å². The minimum atomic E-state index is -3.24. The van der Waals surface area contributed by atoms with Gasteiger partial charge in [0.15, 0.2) is 9.84 Å². The van der Waals surface area contributed by atoms with E-state index in [4.69, 9.17) is 23.2 Å². The number of hydrogen-bond acceptors (Lipinski definition) is 2. The van der Waals surface area contributed by atoms with E-state index in [1.165, 1.54) is 18.2 Å². The van der Waals surface area contributed by atoms with E-state index in [1.807, 2.05) is 13.8 Å². The summed E-state index contributed by atoms with van der Waals surface area (Å²) >= 11 is 11.5. The van der Waals surface area contributed by atoms with E-state index in [0.717, 1.165) is 0 Å². The van der Waals surface area contributed by atoms with Crippen LogP contribution in [0.2, 0.25) is 10.0 Å². The fourth-order valence-electron chi connectivity index (χ4n) is 1.18. The topological polar surface area (TPSA) is 34.1 Å². The molecule has 0 bridgehead atoms. The standard InChI is InChI=1S/C11H14Cl2O2S/c1-8(2)5-6-16(14,15)9-3-4-10(12)11(13)7-9/h3-4,7-8H,5-6H2,1-2H3. The van der Waals surface area contributed by atoms with E-state index >= 15 is 0 Å². The lowest BCUT2D eigenvalue weighted by molar-refractivity contribution is 0.573. The molecule has 0 amide bonds. The highest BCUT2D eigenvalue weighted by atomic mass is 35.5. The van der Waals surface area contributed by atoms with E-state index in [2.05, 4.69) is 0 Å². The Balaban J connectivity index is 2.94. The van der Waals surface area contributed by atoms with Gasteiger partial charge in [0, 0.05) is 0 Å². The lowest BCUT2D eigenvalue weighted by Crippen LogP contribution is -2.09. The van der Waals surface area contributed by atoms with Crippen LogP contribution in [0.4, 0.5) is 0 Å². The first kappa shape index (κ1) is 13.8. The van der Waals surface area contributed by atoms with Crippen molar-refractivity contribution in [3.05, 3.63) is 28.2 Å². The van der Waals surface area contributed by atoms with Crippen LogP contribution in [-0.2, 0) is 9.84 Å². The Kier molecular flexibility index (Phi) is 4.65. The smallest absolute Gasteiger partial charge is 0.178 e. The van der Waals surface area contributed by atoms with Crippen LogP contribution < -0.4 is 0 Å². The van der Waals surface area contributed by atoms with Gasteiger partial charge in [-0.2, -0.15) is 0 Å². The summed E-state index contributed by atoms with van der Waals surface area (Å²) in [5.74, 6) is 0.500. The maximum Gasteiger partial charge on any atom is 0.178 e. The fraction of sp³-hybridized carbons (Fsp3) is 0.455. The molecule has 5 heteroatoms. The summed E-state index contributed by atoms with van der Waals surface area (Å²) in [6, 6.07) is 4.40. The van der Waals surface area contributed by atoms with E-state index < -0.39 is 9.84 Å². The van der Waals surface area contributed by atoms with Gasteiger partial charge in [-0.15, -0.1) is 0 Å². The minimum Gasteiger partial charge on any atom is -0.224 e. The Morgan fingerprint density at radius 1 is 1.19 bits per heavy atom. The molecule has 0 aromatic heterocycles. The lowest BCUT2D eigenvalue weighted by Gasteiger charge is -2.07. The molecule has 0 aliphatic heterocycles. The van der Waals surface area contributed by atoms with Crippen molar-refractivity contribution in [2.24, 2.45) is 5.92 Å². The molecule has 1 rings (SSSR count). The van der Waals surface area contributed by atoms with Gasteiger partial charge in [0.1, 0.15) is 0 Å². The highest BCUT2D eigenvalue weighted by Gasteiger charge is 2.16. The molecule has 0 N–H and O–H groups in total. The third-order valence-electron chi connectivity index (χ3n) is 2.21. The second-order valence-electron chi connectivity index (χ2n) is 4.08. The molecular weight excluding hydrogens is 267 g/mol. The molecular formula is C11H14Cl2O2S. The summed E-state index contributed by atoms with van der Waals surface area (Å²) in [6.07, 6.45) is 0.641. The summed E-state index contributed by atoms with van der Waals surface area (Å²) in [5.41, 5.74) is 0. The first-order valence-corrected chi connectivity index (χ1v) is 7.41. The summed E-state index contributed by atoms with van der Waals surface area (Å²) in [5, 5.41) is 0.636. The molecule has 0 saturated carbocycles. The van der Waals surface area contributed by atoms with Gasteiger partial charge in [0.25, 0.3) is 0 Å². The Hall–Kier alpha value is -0.250. The molecule has 2 nitrogen and oxygen atoms in total. The molecule has 0 saturated heterocycles. The average molecular weight is 281 g/mol. The highest BCUT2D eigenvalue weighted by molar-refractivity contribution is 7.91. The number of sulfone groups is 1. The molecule has 0 aliphatic rings. The van der Waals surface area contributed by atoms with Crippen LogP contribution in [0.1, 0.15) is 20.3 Å². The van der Waals surface area contributed by atoms with Gasteiger partial charge < -0.3 is 0 Å². The van der Waals surface area contributed by atoms with E-state index in [1.54, 1.807) is 0 Å². The van der Waals surface area contributed by atoms with Crippen molar-refractivity contribution in [2.75, 3.05) is 5.75 Å². The molecule has 16 heavy (non-hydrogen) atoms. The zero-order chi connectivity index (χ0) is 12.3. The molecule has 0 atom stereocenters. The fourth-order valence-corrected chi connectivity index (χ4v) is 3.13. The van der Waals surface area contributed by atoms with Crippen molar-refractivity contribution < 1.29 is 8.42 Å². The van der Waals surface area contributed by atoms with Crippen LogP contribution in [0.25, 0.3) is 0 Å². The molecule has 0 unspecified atom stereocenters. The normalized spacial score (nSPS) is 12.1. The number of hydrogen-bond donors (Lipinski definition) is 0. The van der Waals surface area contributed by atoms with E-state index in [-0.39, 0.29) is 15.7 Å². The molecule has 1 aromatic carbocycles. The Labute approximate surface area is 106 Å². The van der Waals surface area contributed by atoms with E-state index in [0.29, 0.717) is 17.4 Å². The second-order valence-corrected chi connectivity index (χ2v) is 7.00. The first-order valence-electron chi connectivity index (χ1n) is 5.01. The summed E-state index contributed by atoms with van der Waals surface area (Å²) in [7, 11) is -3.24. The van der Waals surface area contributed by atoms with Crippen molar-refractivity contribution in [1.29, 1.82) is 0 Å². The summed E-state index contributed by atoms with van der Waals surface area (Å²) in [6.45, 7) is 3.98. The number of rotatable bonds is 4. The van der Waals surface area contributed by atoms with Crippen LogP contribution in [0.5, 0.6) is 0 Å². The van der Waals surface area contributed by atoms with Crippen LogP contribution in [-0.4, -0.2) is 14.2 Å². The Bertz CT molecular complexity index is 467. The third kappa shape index (κ3) is 3.65. The lowest BCUT2D eigenvalue weighted by atomic mass is 10.2. The number of benzene rings is 1. The van der Waals surface area contributed by atoms with Crippen LogP contribution in [0.15, 0.2) is 23.1 Å². The van der Waals surface area contributed by atoms with Gasteiger partial charge >= 0.3 is 0 Å². The van der Waals surface area contributed by atoms with Gasteiger partial charge in [-0.1, -0.05) is 37.0 Å². The molecule has 0 heterocycles. The molecule has 90 valence electrons. The van der Waals surface area contributed by atoms with Gasteiger partial charge in [0.05, 0.1) is 20.7 Å². The maximum atomic E-state index is 11.9. The second kappa shape index (κ2) is 5.39. The van der Waals surface area contributed by atoms with Gasteiger partial charge in [-0.3, -0.25) is 0 Å². The zero-order valence-corrected chi connectivity index (χ0v) is 11.5. The predicted molar refractivity (Wildman–Crippen MR) is 68.0 cm³/mol. The largest absolute Gasteiger partial charge is 0.224 e. The molecule has 0 fully saturated rings. The molecule has 0 spiro atoms. The molecule has 0 aliphatic carbocycles. The highest BCUT2D eigenvalue weighted by Crippen LogP contribution is 2.25. The molecule has 0 radical (unpaired) electrons. The van der Waals surface area contributed by atoms with Crippen molar-refractivity contribution >= 4 is 33.0 Å². The third-order valence-corrected chi connectivity index (χ3v) is 4.70. The maximum absolute atomic E-state index is 11.9. The molecule has 1 aromatic rings. The Morgan fingerprint density at radius 2 is 1.81 bits per heavy atom.